The lowest BCUT2D eigenvalue weighted by Crippen LogP contribution is -2.19. The number of hydrogen-bond acceptors (Lipinski definition) is 8. The van der Waals surface area contributed by atoms with Gasteiger partial charge in [-0.1, -0.05) is 122 Å². The standard InChI is InChI=1S/C12H17N.C11H16N2.C10H16N2.C10H15N.C9H14N2.C9H13N/c1-12(2,3)10-6-7-11(13-8-10)9-4-5-9;1-11(2,3)9-6-12-10(13-7-9)8-4-5-8;1-10(2,3)12-6-9(11-7-12)8-4-5-8;1-8-5-6-9(7-11-8)10(2,3)4;1-7-10-5-8(6-11-7)9(2,3)4;1-9(2,3)8-5-4-6-10-7-8/h6-9H,4-5H2,1-3H3;6-8H,4-5H2,1-3H3;6-8H,4-5H2,1-3H3;5-7H,1-4H3;5-6H,1-4H3;4-7H,1-3H3. The van der Waals surface area contributed by atoms with E-state index in [0.717, 1.165) is 29.2 Å². The molecule has 6 aromatic rings. The monoisotopic (exact) mass is 950 g/mol. The number of imidazole rings is 1. The minimum absolute atomic E-state index is 0.160. The van der Waals surface area contributed by atoms with Crippen LogP contribution in [-0.4, -0.2) is 44.4 Å². The minimum atomic E-state index is 0.160. The molecule has 9 rings (SSSR count). The molecule has 380 valence electrons. The maximum absolute atomic E-state index is 4.51. The Morgan fingerprint density at radius 2 is 0.814 bits per heavy atom. The van der Waals surface area contributed by atoms with Gasteiger partial charge < -0.3 is 4.57 Å². The second-order valence-corrected chi connectivity index (χ2v) is 25.7. The van der Waals surface area contributed by atoms with E-state index >= 15 is 0 Å². The van der Waals surface area contributed by atoms with Gasteiger partial charge in [0.1, 0.15) is 11.6 Å². The first-order chi connectivity index (χ1) is 32.3. The van der Waals surface area contributed by atoms with Crippen LogP contribution in [0.3, 0.4) is 0 Å². The molecule has 0 atom stereocenters. The van der Waals surface area contributed by atoms with Gasteiger partial charge in [-0.15, -0.1) is 0 Å². The molecular formula is C61H91N9. The van der Waals surface area contributed by atoms with E-state index in [1.54, 1.807) is 6.20 Å². The van der Waals surface area contributed by atoms with Crippen LogP contribution in [0.2, 0.25) is 0 Å². The Hall–Kier alpha value is -5.18. The van der Waals surface area contributed by atoms with Crippen LogP contribution in [0, 0.1) is 13.8 Å². The fourth-order valence-electron chi connectivity index (χ4n) is 6.54. The summed E-state index contributed by atoms with van der Waals surface area (Å²) in [6.07, 6.45) is 27.5. The molecule has 0 saturated heterocycles. The second-order valence-electron chi connectivity index (χ2n) is 25.7. The average Bonchev–Trinajstić information content (AvgIpc) is 4.14. The molecule has 0 aliphatic heterocycles. The van der Waals surface area contributed by atoms with Crippen LogP contribution in [0.5, 0.6) is 0 Å². The molecule has 3 fully saturated rings. The predicted molar refractivity (Wildman–Crippen MR) is 293 cm³/mol. The van der Waals surface area contributed by atoms with Crippen LogP contribution in [0.4, 0.5) is 0 Å². The molecule has 9 nitrogen and oxygen atoms in total. The van der Waals surface area contributed by atoms with Gasteiger partial charge in [-0.2, -0.15) is 0 Å². The third-order valence-electron chi connectivity index (χ3n) is 12.5. The molecule has 70 heavy (non-hydrogen) atoms. The van der Waals surface area contributed by atoms with E-state index < -0.39 is 0 Å². The Bertz CT molecular complexity index is 2300. The molecule has 6 aromatic heterocycles. The summed E-state index contributed by atoms with van der Waals surface area (Å²) in [5.74, 6) is 4.07. The summed E-state index contributed by atoms with van der Waals surface area (Å²) in [6.45, 7) is 43.3. The third-order valence-corrected chi connectivity index (χ3v) is 12.5. The van der Waals surface area contributed by atoms with Gasteiger partial charge in [-0.25, -0.2) is 24.9 Å². The summed E-state index contributed by atoms with van der Waals surface area (Å²) in [7, 11) is 0. The number of rotatable bonds is 3. The lowest BCUT2D eigenvalue weighted by atomic mass is 9.88. The Morgan fingerprint density at radius 3 is 1.16 bits per heavy atom. The molecule has 3 aliphatic rings. The van der Waals surface area contributed by atoms with Crippen molar-refractivity contribution in [2.24, 2.45) is 0 Å². The van der Waals surface area contributed by atoms with Crippen molar-refractivity contribution in [2.75, 3.05) is 0 Å². The molecule has 0 spiro atoms. The second kappa shape index (κ2) is 23.8. The minimum Gasteiger partial charge on any atom is -0.332 e. The van der Waals surface area contributed by atoms with Gasteiger partial charge in [0.15, 0.2) is 0 Å². The van der Waals surface area contributed by atoms with E-state index in [-0.39, 0.29) is 32.6 Å². The summed E-state index contributed by atoms with van der Waals surface area (Å²) >= 11 is 0. The highest BCUT2D eigenvalue weighted by Crippen LogP contribution is 2.40. The van der Waals surface area contributed by atoms with Crippen LogP contribution in [0.25, 0.3) is 0 Å². The molecule has 0 radical (unpaired) electrons. The third kappa shape index (κ3) is 20.3. The average molecular weight is 950 g/mol. The first kappa shape index (κ1) is 57.4. The number of aromatic nitrogens is 9. The highest BCUT2D eigenvalue weighted by molar-refractivity contribution is 5.25. The Labute approximate surface area is 425 Å². The molecule has 0 bridgehead atoms. The zero-order valence-electron chi connectivity index (χ0n) is 47.2. The topological polar surface area (TPSA) is 108 Å². The van der Waals surface area contributed by atoms with Crippen molar-refractivity contribution in [1.29, 1.82) is 0 Å². The van der Waals surface area contributed by atoms with Crippen molar-refractivity contribution in [3.63, 3.8) is 0 Å². The fourth-order valence-corrected chi connectivity index (χ4v) is 6.54. The maximum Gasteiger partial charge on any atom is 0.131 e. The van der Waals surface area contributed by atoms with Gasteiger partial charge in [0.05, 0.1) is 12.0 Å². The molecule has 6 heterocycles. The number of aryl methyl sites for hydroxylation is 2. The lowest BCUT2D eigenvalue weighted by molar-refractivity contribution is 0.396. The summed E-state index contributed by atoms with van der Waals surface area (Å²) in [5, 5.41) is 0. The van der Waals surface area contributed by atoms with E-state index in [2.05, 4.69) is 206 Å². The first-order valence-electron chi connectivity index (χ1n) is 25.8. The Kier molecular flexibility index (Phi) is 19.5. The zero-order valence-corrected chi connectivity index (χ0v) is 47.2. The molecule has 0 N–H and O–H groups in total. The van der Waals surface area contributed by atoms with Gasteiger partial charge in [-0.3, -0.25) is 15.0 Å². The number of nitrogens with zero attached hydrogens (tertiary/aromatic N) is 9. The fraction of sp³-hybridized carbons (Fsp3) is 0.574. The molecule has 0 unspecified atom stereocenters. The van der Waals surface area contributed by atoms with Gasteiger partial charge >= 0.3 is 0 Å². The van der Waals surface area contributed by atoms with E-state index in [9.17, 15) is 0 Å². The lowest BCUT2D eigenvalue weighted by Gasteiger charge is -2.19. The number of hydrogen-bond donors (Lipinski definition) is 0. The quantitative estimate of drug-likeness (QED) is 0.173. The normalized spacial score (nSPS) is 14.9. The Balaban J connectivity index is 0.000000183. The summed E-state index contributed by atoms with van der Waals surface area (Å²) in [4.78, 5) is 34.3. The van der Waals surface area contributed by atoms with Gasteiger partial charge in [0.2, 0.25) is 0 Å². The van der Waals surface area contributed by atoms with Gasteiger partial charge in [-0.05, 0) is 146 Å². The van der Waals surface area contributed by atoms with E-state index in [0.29, 0.717) is 5.92 Å². The van der Waals surface area contributed by atoms with Crippen molar-refractivity contribution >= 4 is 0 Å². The first-order valence-corrected chi connectivity index (χ1v) is 25.8. The SMILES string of the molecule is CC(C)(C)c1ccc(C2CC2)nc1.CC(C)(C)c1cccnc1.CC(C)(C)c1cnc(C2CC2)nc1.CC(C)(C)n1cnc(C2CC2)c1.Cc1ccc(C(C)(C)C)cn1.Cc1ncc(C(C)(C)C)cn1. The van der Waals surface area contributed by atoms with Gasteiger partial charge in [0, 0.05) is 90.5 Å². The molecule has 3 aliphatic carbocycles. The predicted octanol–water partition coefficient (Wildman–Crippen LogP) is 15.6. The van der Waals surface area contributed by atoms with Crippen LogP contribution < -0.4 is 0 Å². The largest absolute Gasteiger partial charge is 0.332 e. The Morgan fingerprint density at radius 1 is 0.400 bits per heavy atom. The smallest absolute Gasteiger partial charge is 0.131 e. The van der Waals surface area contributed by atoms with E-state index in [4.69, 9.17) is 0 Å². The molecule has 0 amide bonds. The van der Waals surface area contributed by atoms with Crippen LogP contribution in [-0.2, 0) is 32.6 Å². The highest BCUT2D eigenvalue weighted by atomic mass is 15.1. The van der Waals surface area contributed by atoms with Crippen molar-refractivity contribution in [3.05, 3.63) is 155 Å². The summed E-state index contributed by atoms with van der Waals surface area (Å²) in [6, 6.07) is 12.7. The van der Waals surface area contributed by atoms with Gasteiger partial charge in [0.25, 0.3) is 0 Å². The van der Waals surface area contributed by atoms with Crippen molar-refractivity contribution in [1.82, 2.24) is 44.4 Å². The van der Waals surface area contributed by atoms with Crippen LogP contribution >= 0.6 is 0 Å². The van der Waals surface area contributed by atoms with Crippen LogP contribution in [0.1, 0.15) is 237 Å². The van der Waals surface area contributed by atoms with Crippen molar-refractivity contribution in [2.45, 2.75) is 227 Å². The highest BCUT2D eigenvalue weighted by Gasteiger charge is 2.28. The van der Waals surface area contributed by atoms with E-state index in [1.165, 1.54) is 77.7 Å². The number of pyridine rings is 3. The molecule has 3 saturated carbocycles. The van der Waals surface area contributed by atoms with Crippen LogP contribution in [0.15, 0.2) is 98.5 Å². The molecule has 9 heteroatoms. The van der Waals surface area contributed by atoms with E-state index in [1.807, 2.05) is 69.6 Å². The maximum atomic E-state index is 4.51. The molecular weight excluding hydrogens is 859 g/mol. The van der Waals surface area contributed by atoms with Crippen molar-refractivity contribution in [3.8, 4) is 0 Å². The molecule has 0 aromatic carbocycles. The summed E-state index contributed by atoms with van der Waals surface area (Å²) < 4.78 is 2.20. The zero-order chi connectivity index (χ0) is 52.3. The van der Waals surface area contributed by atoms with Crippen molar-refractivity contribution < 1.29 is 0 Å². The summed E-state index contributed by atoms with van der Waals surface area (Å²) in [5.41, 5.74) is 11.2.